The summed E-state index contributed by atoms with van der Waals surface area (Å²) < 4.78 is 0. The number of hydrogen-bond donors (Lipinski definition) is 1. The Labute approximate surface area is 131 Å². The van der Waals surface area contributed by atoms with Crippen molar-refractivity contribution in [2.75, 3.05) is 5.33 Å². The first-order valence-electron chi connectivity index (χ1n) is 7.22. The summed E-state index contributed by atoms with van der Waals surface area (Å²) in [5.41, 5.74) is 1.42. The fraction of sp³-hybridized carbons (Fsp3) is 0.588. The molecule has 1 rings (SSSR count). The third-order valence-electron chi connectivity index (χ3n) is 3.85. The van der Waals surface area contributed by atoms with E-state index in [4.69, 9.17) is 0 Å². The van der Waals surface area contributed by atoms with Crippen molar-refractivity contribution >= 4 is 21.8 Å². The highest BCUT2D eigenvalue weighted by Crippen LogP contribution is 2.27. The van der Waals surface area contributed by atoms with Gasteiger partial charge < -0.3 is 5.32 Å². The maximum absolute atomic E-state index is 12.1. The highest BCUT2D eigenvalue weighted by atomic mass is 79.9. The van der Waals surface area contributed by atoms with E-state index in [1.807, 2.05) is 18.2 Å². The first kappa shape index (κ1) is 17.2. The predicted octanol–water partition coefficient (Wildman–Crippen LogP) is 4.18. The van der Waals surface area contributed by atoms with E-state index in [9.17, 15) is 4.79 Å². The van der Waals surface area contributed by atoms with Crippen molar-refractivity contribution in [3.8, 4) is 0 Å². The van der Waals surface area contributed by atoms with Crippen LogP contribution in [0.3, 0.4) is 0 Å². The van der Waals surface area contributed by atoms with Crippen LogP contribution in [-0.2, 0) is 11.2 Å². The molecule has 0 aliphatic rings. The van der Waals surface area contributed by atoms with Crippen LogP contribution in [0.15, 0.2) is 30.3 Å². The molecule has 0 saturated carbocycles. The van der Waals surface area contributed by atoms with Crippen molar-refractivity contribution in [3.05, 3.63) is 35.9 Å². The van der Waals surface area contributed by atoms with Crippen molar-refractivity contribution in [2.24, 2.45) is 11.3 Å². The van der Waals surface area contributed by atoms with Gasteiger partial charge in [-0.2, -0.15) is 0 Å². The van der Waals surface area contributed by atoms with E-state index in [0.717, 1.165) is 11.8 Å². The van der Waals surface area contributed by atoms with E-state index in [2.05, 4.69) is 61.1 Å². The second-order valence-electron chi connectivity index (χ2n) is 6.58. The zero-order valence-corrected chi connectivity index (χ0v) is 14.5. The second kappa shape index (κ2) is 7.82. The van der Waals surface area contributed by atoms with Crippen molar-refractivity contribution in [3.63, 3.8) is 0 Å². The Kier molecular flexibility index (Phi) is 6.74. The number of halogens is 1. The van der Waals surface area contributed by atoms with Gasteiger partial charge in [-0.1, -0.05) is 74.0 Å². The van der Waals surface area contributed by atoms with Gasteiger partial charge in [-0.15, -0.1) is 0 Å². The number of alkyl halides is 1. The third kappa shape index (κ3) is 6.08. The van der Waals surface area contributed by atoms with Gasteiger partial charge in [0.25, 0.3) is 0 Å². The van der Waals surface area contributed by atoms with Gasteiger partial charge in [-0.05, 0) is 23.3 Å². The van der Waals surface area contributed by atoms with E-state index < -0.39 is 0 Å². The molecule has 0 radical (unpaired) electrons. The van der Waals surface area contributed by atoms with Crippen LogP contribution in [0.4, 0.5) is 0 Å². The molecule has 0 bridgehead atoms. The first-order chi connectivity index (χ1) is 9.32. The third-order valence-corrected chi connectivity index (χ3v) is 4.63. The summed E-state index contributed by atoms with van der Waals surface area (Å²) in [6.07, 6.45) is 1.45. The number of rotatable bonds is 6. The molecule has 0 fully saturated rings. The van der Waals surface area contributed by atoms with E-state index in [1.165, 1.54) is 5.56 Å². The Bertz CT molecular complexity index is 411. The zero-order chi connectivity index (χ0) is 15.2. The molecule has 3 heteroatoms. The van der Waals surface area contributed by atoms with E-state index in [-0.39, 0.29) is 17.4 Å². The summed E-state index contributed by atoms with van der Waals surface area (Å²) in [5.74, 6) is 0.517. The Hall–Kier alpha value is -0.830. The Morgan fingerprint density at radius 2 is 1.85 bits per heavy atom. The molecule has 1 aromatic carbocycles. The van der Waals surface area contributed by atoms with Gasteiger partial charge in [0.2, 0.25) is 5.91 Å². The van der Waals surface area contributed by atoms with Crippen LogP contribution >= 0.6 is 15.9 Å². The molecule has 1 aromatic rings. The quantitative estimate of drug-likeness (QED) is 0.774. The highest BCUT2D eigenvalue weighted by molar-refractivity contribution is 9.09. The highest BCUT2D eigenvalue weighted by Gasteiger charge is 2.23. The molecular formula is C17H26BrNO. The van der Waals surface area contributed by atoms with Gasteiger partial charge in [-0.3, -0.25) is 4.79 Å². The fourth-order valence-corrected chi connectivity index (χ4v) is 2.30. The summed E-state index contributed by atoms with van der Waals surface area (Å²) in [6.45, 7) is 8.67. The van der Waals surface area contributed by atoms with Gasteiger partial charge in [0.05, 0.1) is 0 Å². The van der Waals surface area contributed by atoms with Crippen molar-refractivity contribution in [2.45, 2.75) is 46.6 Å². The van der Waals surface area contributed by atoms with Gasteiger partial charge in [0.1, 0.15) is 0 Å². The van der Waals surface area contributed by atoms with Crippen LogP contribution in [0.5, 0.6) is 0 Å². The number of carbonyl (C=O) groups excluding carboxylic acids is 1. The number of amides is 1. The van der Waals surface area contributed by atoms with Crippen molar-refractivity contribution < 1.29 is 4.79 Å². The Morgan fingerprint density at radius 1 is 1.25 bits per heavy atom. The average molecular weight is 340 g/mol. The summed E-state index contributed by atoms with van der Waals surface area (Å²) >= 11 is 3.49. The number of hydrogen-bond acceptors (Lipinski definition) is 1. The number of carbonyl (C=O) groups is 1. The van der Waals surface area contributed by atoms with E-state index in [1.54, 1.807) is 0 Å². The lowest BCUT2D eigenvalue weighted by atomic mass is 9.80. The average Bonchev–Trinajstić information content (AvgIpc) is 2.37. The second-order valence-corrected chi connectivity index (χ2v) is 7.23. The lowest BCUT2D eigenvalue weighted by Gasteiger charge is -2.27. The van der Waals surface area contributed by atoms with Crippen molar-refractivity contribution in [1.29, 1.82) is 0 Å². The topological polar surface area (TPSA) is 29.1 Å². The number of nitrogens with one attached hydrogen (secondary N) is 1. The predicted molar refractivity (Wildman–Crippen MR) is 89.1 cm³/mol. The molecule has 2 unspecified atom stereocenters. The molecule has 0 saturated heterocycles. The van der Waals surface area contributed by atoms with Crippen LogP contribution in [0.2, 0.25) is 0 Å². The lowest BCUT2D eigenvalue weighted by molar-refractivity contribution is -0.123. The summed E-state index contributed by atoms with van der Waals surface area (Å²) in [4.78, 5) is 12.1. The van der Waals surface area contributed by atoms with E-state index in [0.29, 0.717) is 12.3 Å². The van der Waals surface area contributed by atoms with Gasteiger partial charge >= 0.3 is 0 Å². The first-order valence-corrected chi connectivity index (χ1v) is 8.34. The monoisotopic (exact) mass is 339 g/mol. The molecule has 2 atom stereocenters. The van der Waals surface area contributed by atoms with Crippen LogP contribution in [0.1, 0.15) is 39.7 Å². The smallest absolute Gasteiger partial charge is 0.220 e. The molecule has 20 heavy (non-hydrogen) atoms. The molecule has 2 nitrogen and oxygen atoms in total. The standard InChI is InChI=1S/C17H26BrNO/c1-13(17(2,3)4)10-16(20)19-15(12-18)11-14-8-6-5-7-9-14/h5-9,13,15H,10-12H2,1-4H3,(H,19,20). The van der Waals surface area contributed by atoms with Gasteiger partial charge in [-0.25, -0.2) is 0 Å². The summed E-state index contributed by atoms with van der Waals surface area (Å²) in [5, 5.41) is 3.91. The molecule has 0 spiro atoms. The van der Waals surface area contributed by atoms with Crippen LogP contribution in [0.25, 0.3) is 0 Å². The molecule has 112 valence electrons. The molecule has 0 heterocycles. The molecular weight excluding hydrogens is 314 g/mol. The minimum Gasteiger partial charge on any atom is -0.352 e. The van der Waals surface area contributed by atoms with Crippen molar-refractivity contribution in [1.82, 2.24) is 5.32 Å². The molecule has 0 aliphatic heterocycles. The van der Waals surface area contributed by atoms with E-state index >= 15 is 0 Å². The maximum Gasteiger partial charge on any atom is 0.220 e. The largest absolute Gasteiger partial charge is 0.352 e. The Morgan fingerprint density at radius 3 is 2.35 bits per heavy atom. The Balaban J connectivity index is 2.50. The van der Waals surface area contributed by atoms with Crippen LogP contribution in [-0.4, -0.2) is 17.3 Å². The molecule has 0 aliphatic carbocycles. The minimum absolute atomic E-state index is 0.146. The molecule has 0 aromatic heterocycles. The van der Waals surface area contributed by atoms with Crippen LogP contribution < -0.4 is 5.32 Å². The zero-order valence-electron chi connectivity index (χ0n) is 12.9. The maximum atomic E-state index is 12.1. The number of benzene rings is 1. The molecule has 1 amide bonds. The lowest BCUT2D eigenvalue weighted by Crippen LogP contribution is -2.39. The fourth-order valence-electron chi connectivity index (χ4n) is 1.91. The van der Waals surface area contributed by atoms with Crippen LogP contribution in [0, 0.1) is 11.3 Å². The normalized spacial score (nSPS) is 14.7. The summed E-state index contributed by atoms with van der Waals surface area (Å²) in [7, 11) is 0. The summed E-state index contributed by atoms with van der Waals surface area (Å²) in [6, 6.07) is 10.4. The minimum atomic E-state index is 0.146. The SMILES string of the molecule is CC(CC(=O)NC(CBr)Cc1ccccc1)C(C)(C)C. The van der Waals surface area contributed by atoms with Gasteiger partial charge in [0.15, 0.2) is 0 Å². The molecule has 1 N–H and O–H groups in total. The van der Waals surface area contributed by atoms with Gasteiger partial charge in [0, 0.05) is 17.8 Å².